The van der Waals surface area contributed by atoms with Gasteiger partial charge in [-0.2, -0.15) is 0 Å². The number of carbonyl (C=O) groups excluding carboxylic acids is 1. The first-order valence-corrected chi connectivity index (χ1v) is 6.97. The average Bonchev–Trinajstić information content (AvgIpc) is 2.37. The fraction of sp³-hybridized carbons (Fsp3) is 0.133. The molecule has 1 unspecified atom stereocenters. The monoisotopic (exact) mass is 333 g/mol. The first kappa shape index (κ1) is 14.4. The molecule has 20 heavy (non-hydrogen) atoms. The molecule has 0 aliphatic heterocycles. The number of benzene rings is 2. The van der Waals surface area contributed by atoms with Crippen molar-refractivity contribution in [1.29, 1.82) is 0 Å². The van der Waals surface area contributed by atoms with Crippen molar-refractivity contribution in [3.8, 4) is 0 Å². The predicted molar refractivity (Wildman–Crippen MR) is 85.3 cm³/mol. The molecule has 2 aromatic carbocycles. The van der Waals surface area contributed by atoms with Crippen molar-refractivity contribution in [2.75, 3.05) is 11.5 Å². The lowest BCUT2D eigenvalue weighted by Gasteiger charge is -2.15. The number of nitrogen functional groups attached to an aromatic ring is 2. The summed E-state index contributed by atoms with van der Waals surface area (Å²) in [5.74, 6) is -0.198. The van der Waals surface area contributed by atoms with Gasteiger partial charge in [0.1, 0.15) is 0 Å². The molecule has 0 aromatic heterocycles. The third kappa shape index (κ3) is 3.51. The highest BCUT2D eigenvalue weighted by atomic mass is 79.9. The minimum atomic E-state index is -0.198. The van der Waals surface area contributed by atoms with Crippen LogP contribution in [0.1, 0.15) is 28.9 Å². The third-order valence-electron chi connectivity index (χ3n) is 2.94. The molecular formula is C15H16BrN3O. The maximum absolute atomic E-state index is 12.2. The number of rotatable bonds is 3. The van der Waals surface area contributed by atoms with E-state index in [0.29, 0.717) is 16.9 Å². The molecule has 0 radical (unpaired) electrons. The molecule has 0 spiro atoms. The molecule has 1 amide bonds. The Labute approximate surface area is 126 Å². The summed E-state index contributed by atoms with van der Waals surface area (Å²) in [6.07, 6.45) is 0. The Morgan fingerprint density at radius 3 is 2.40 bits per heavy atom. The molecule has 0 heterocycles. The summed E-state index contributed by atoms with van der Waals surface area (Å²) in [5, 5.41) is 2.92. The molecule has 104 valence electrons. The van der Waals surface area contributed by atoms with Crippen LogP contribution in [0.4, 0.5) is 11.4 Å². The van der Waals surface area contributed by atoms with Crippen molar-refractivity contribution < 1.29 is 4.79 Å². The van der Waals surface area contributed by atoms with Crippen molar-refractivity contribution in [3.05, 3.63) is 58.1 Å². The fourth-order valence-electron chi connectivity index (χ4n) is 1.95. The second kappa shape index (κ2) is 5.96. The zero-order chi connectivity index (χ0) is 14.7. The number of hydrogen-bond donors (Lipinski definition) is 3. The van der Waals surface area contributed by atoms with Crippen LogP contribution in [-0.2, 0) is 0 Å². The highest BCUT2D eigenvalue weighted by Gasteiger charge is 2.12. The lowest BCUT2D eigenvalue weighted by atomic mass is 10.1. The van der Waals surface area contributed by atoms with E-state index in [1.165, 1.54) is 0 Å². The zero-order valence-corrected chi connectivity index (χ0v) is 12.6. The normalized spacial score (nSPS) is 11.9. The maximum Gasteiger partial charge on any atom is 0.251 e. The van der Waals surface area contributed by atoms with E-state index in [1.54, 1.807) is 18.2 Å². The van der Waals surface area contributed by atoms with E-state index in [4.69, 9.17) is 11.5 Å². The second-order valence-electron chi connectivity index (χ2n) is 4.64. The van der Waals surface area contributed by atoms with E-state index in [2.05, 4.69) is 21.2 Å². The van der Waals surface area contributed by atoms with Crippen molar-refractivity contribution in [2.45, 2.75) is 13.0 Å². The number of anilines is 2. The number of nitrogens with two attached hydrogens (primary N) is 2. The minimum absolute atomic E-state index is 0.109. The molecule has 0 aliphatic carbocycles. The maximum atomic E-state index is 12.2. The largest absolute Gasteiger partial charge is 0.399 e. The van der Waals surface area contributed by atoms with E-state index in [1.807, 2.05) is 31.2 Å². The van der Waals surface area contributed by atoms with E-state index in [-0.39, 0.29) is 11.9 Å². The Balaban J connectivity index is 2.15. The van der Waals surface area contributed by atoms with Gasteiger partial charge in [-0.15, -0.1) is 0 Å². The van der Waals surface area contributed by atoms with Gasteiger partial charge in [-0.1, -0.05) is 28.1 Å². The van der Waals surface area contributed by atoms with Crippen LogP contribution < -0.4 is 16.8 Å². The van der Waals surface area contributed by atoms with E-state index >= 15 is 0 Å². The summed E-state index contributed by atoms with van der Waals surface area (Å²) in [5.41, 5.74) is 13.8. The van der Waals surface area contributed by atoms with Gasteiger partial charge in [0, 0.05) is 21.4 Å². The van der Waals surface area contributed by atoms with Crippen LogP contribution >= 0.6 is 15.9 Å². The third-order valence-corrected chi connectivity index (χ3v) is 3.43. The molecule has 1 atom stereocenters. The first-order chi connectivity index (χ1) is 9.45. The van der Waals surface area contributed by atoms with Crippen LogP contribution in [0.5, 0.6) is 0 Å². The van der Waals surface area contributed by atoms with Crippen molar-refractivity contribution >= 4 is 33.2 Å². The summed E-state index contributed by atoms with van der Waals surface area (Å²) in [4.78, 5) is 12.2. The van der Waals surface area contributed by atoms with Gasteiger partial charge in [0.05, 0.1) is 6.04 Å². The molecule has 2 rings (SSSR count). The van der Waals surface area contributed by atoms with Gasteiger partial charge in [-0.25, -0.2) is 0 Å². The summed E-state index contributed by atoms with van der Waals surface area (Å²) in [6.45, 7) is 1.93. The lowest BCUT2D eigenvalue weighted by Crippen LogP contribution is -2.26. The zero-order valence-electron chi connectivity index (χ0n) is 11.1. The van der Waals surface area contributed by atoms with Crippen LogP contribution in [0.3, 0.4) is 0 Å². The average molecular weight is 334 g/mol. The molecule has 2 aromatic rings. The van der Waals surface area contributed by atoms with Gasteiger partial charge >= 0.3 is 0 Å². The van der Waals surface area contributed by atoms with Gasteiger partial charge in [0.25, 0.3) is 5.91 Å². The fourth-order valence-corrected chi connectivity index (χ4v) is 2.36. The first-order valence-electron chi connectivity index (χ1n) is 6.18. The molecule has 4 nitrogen and oxygen atoms in total. The number of hydrogen-bond acceptors (Lipinski definition) is 3. The van der Waals surface area contributed by atoms with E-state index in [9.17, 15) is 4.79 Å². The molecule has 0 aliphatic rings. The Kier molecular flexibility index (Phi) is 4.29. The highest BCUT2D eigenvalue weighted by molar-refractivity contribution is 9.10. The van der Waals surface area contributed by atoms with Crippen molar-refractivity contribution in [3.63, 3.8) is 0 Å². The highest BCUT2D eigenvalue weighted by Crippen LogP contribution is 2.19. The molecule has 0 saturated carbocycles. The van der Waals surface area contributed by atoms with Gasteiger partial charge in [0.2, 0.25) is 0 Å². The van der Waals surface area contributed by atoms with E-state index < -0.39 is 0 Å². The molecule has 5 N–H and O–H groups in total. The SMILES string of the molecule is CC(NC(=O)c1cc(N)cc(N)c1)c1cccc(Br)c1. The smallest absolute Gasteiger partial charge is 0.251 e. The summed E-state index contributed by atoms with van der Waals surface area (Å²) in [7, 11) is 0. The molecular weight excluding hydrogens is 318 g/mol. The van der Waals surface area contributed by atoms with Crippen LogP contribution in [-0.4, -0.2) is 5.91 Å². The molecule has 0 saturated heterocycles. The second-order valence-corrected chi connectivity index (χ2v) is 5.55. The topological polar surface area (TPSA) is 81.1 Å². The number of carbonyl (C=O) groups is 1. The molecule has 5 heteroatoms. The van der Waals surface area contributed by atoms with Gasteiger partial charge < -0.3 is 16.8 Å². The number of amides is 1. The Bertz CT molecular complexity index is 623. The quantitative estimate of drug-likeness (QED) is 0.755. The van der Waals surface area contributed by atoms with Crippen LogP contribution in [0.2, 0.25) is 0 Å². The van der Waals surface area contributed by atoms with Crippen LogP contribution in [0, 0.1) is 0 Å². The predicted octanol–water partition coefficient (Wildman–Crippen LogP) is 3.10. The van der Waals surface area contributed by atoms with E-state index in [0.717, 1.165) is 10.0 Å². The Hall–Kier alpha value is -2.01. The summed E-state index contributed by atoms with van der Waals surface area (Å²) in [6, 6.07) is 12.5. The summed E-state index contributed by atoms with van der Waals surface area (Å²) < 4.78 is 0.976. The summed E-state index contributed by atoms with van der Waals surface area (Å²) >= 11 is 3.41. The lowest BCUT2D eigenvalue weighted by molar-refractivity contribution is 0.0940. The van der Waals surface area contributed by atoms with Gasteiger partial charge in [-0.3, -0.25) is 4.79 Å². The van der Waals surface area contributed by atoms with Crippen LogP contribution in [0.25, 0.3) is 0 Å². The van der Waals surface area contributed by atoms with Gasteiger partial charge in [0.15, 0.2) is 0 Å². The number of nitrogens with one attached hydrogen (secondary N) is 1. The molecule has 0 fully saturated rings. The van der Waals surface area contributed by atoms with Crippen LogP contribution in [0.15, 0.2) is 46.9 Å². The standard InChI is InChI=1S/C15H16BrN3O/c1-9(10-3-2-4-12(16)5-10)19-15(20)11-6-13(17)8-14(18)7-11/h2-9H,17-18H2,1H3,(H,19,20). The van der Waals surface area contributed by atoms with Gasteiger partial charge in [-0.05, 0) is 42.8 Å². The van der Waals surface area contributed by atoms with Crippen molar-refractivity contribution in [2.24, 2.45) is 0 Å². The number of halogens is 1. The Morgan fingerprint density at radius 2 is 1.80 bits per heavy atom. The minimum Gasteiger partial charge on any atom is -0.399 e. The Morgan fingerprint density at radius 1 is 1.15 bits per heavy atom. The molecule has 0 bridgehead atoms. The van der Waals surface area contributed by atoms with Crippen molar-refractivity contribution in [1.82, 2.24) is 5.32 Å².